The fourth-order valence-electron chi connectivity index (χ4n) is 3.96. The van der Waals surface area contributed by atoms with Crippen molar-refractivity contribution in [3.8, 4) is 0 Å². The molecule has 1 aliphatic heterocycles. The topological polar surface area (TPSA) is 80.9 Å². The summed E-state index contributed by atoms with van der Waals surface area (Å²) in [6.45, 7) is 9.70. The molecule has 0 radical (unpaired) electrons. The van der Waals surface area contributed by atoms with Gasteiger partial charge in [0.2, 0.25) is 5.91 Å². The van der Waals surface area contributed by atoms with E-state index in [0.717, 1.165) is 41.6 Å². The molecule has 3 heterocycles. The summed E-state index contributed by atoms with van der Waals surface area (Å²) in [4.78, 5) is 14.3. The molecule has 8 nitrogen and oxygen atoms in total. The minimum absolute atomic E-state index is 0.0140. The molecule has 1 aliphatic rings. The number of hydrogen-bond acceptors (Lipinski definition) is 5. The zero-order chi connectivity index (χ0) is 19.0. The fourth-order valence-corrected chi connectivity index (χ4v) is 3.96. The smallest absolute Gasteiger partial charge is 0.224 e. The molecule has 26 heavy (non-hydrogen) atoms. The Balaban J connectivity index is 1.83. The molecule has 0 unspecified atom stereocenters. The minimum Gasteiger partial charge on any atom is -0.337 e. The van der Waals surface area contributed by atoms with Gasteiger partial charge in [0.15, 0.2) is 0 Å². The maximum atomic E-state index is 12.4. The van der Waals surface area contributed by atoms with Crippen molar-refractivity contribution in [2.24, 2.45) is 7.05 Å². The van der Waals surface area contributed by atoms with Gasteiger partial charge in [-0.05, 0) is 27.2 Å². The Bertz CT molecular complexity index is 807. The van der Waals surface area contributed by atoms with E-state index in [-0.39, 0.29) is 18.0 Å². The molecule has 2 aromatic rings. The predicted molar refractivity (Wildman–Crippen MR) is 98.5 cm³/mol. The van der Waals surface area contributed by atoms with Crippen LogP contribution in [0, 0.1) is 20.8 Å². The Morgan fingerprint density at radius 2 is 1.92 bits per heavy atom. The van der Waals surface area contributed by atoms with Gasteiger partial charge in [0.05, 0.1) is 18.3 Å². The van der Waals surface area contributed by atoms with Crippen LogP contribution in [0.5, 0.6) is 0 Å². The first-order valence-electron chi connectivity index (χ1n) is 9.22. The van der Waals surface area contributed by atoms with Crippen molar-refractivity contribution in [3.05, 3.63) is 28.6 Å². The van der Waals surface area contributed by atoms with Crippen molar-refractivity contribution >= 4 is 5.91 Å². The van der Waals surface area contributed by atoms with E-state index in [1.165, 1.54) is 0 Å². The summed E-state index contributed by atoms with van der Waals surface area (Å²) in [5.41, 5.74) is 3.23. The van der Waals surface area contributed by atoms with Gasteiger partial charge < -0.3 is 14.8 Å². The van der Waals surface area contributed by atoms with E-state index in [2.05, 4.69) is 39.0 Å². The number of carbonyl (C=O) groups excluding carboxylic acids is 1. The van der Waals surface area contributed by atoms with Crippen molar-refractivity contribution in [1.29, 1.82) is 0 Å². The lowest BCUT2D eigenvalue weighted by molar-refractivity contribution is -0.127. The molecule has 1 fully saturated rings. The molecular weight excluding hydrogens is 330 g/mol. The van der Waals surface area contributed by atoms with Crippen LogP contribution in [0.15, 0.2) is 0 Å². The first-order chi connectivity index (χ1) is 12.3. The van der Waals surface area contributed by atoms with Crippen LogP contribution in [0.2, 0.25) is 0 Å². The molecule has 142 valence electrons. The third-order valence-corrected chi connectivity index (χ3v) is 5.43. The van der Waals surface area contributed by atoms with E-state index >= 15 is 0 Å². The maximum Gasteiger partial charge on any atom is 0.224 e. The van der Waals surface area contributed by atoms with E-state index in [1.54, 1.807) is 0 Å². The summed E-state index contributed by atoms with van der Waals surface area (Å²) in [5, 5.41) is 16.6. The summed E-state index contributed by atoms with van der Waals surface area (Å²) < 4.78 is 4.03. The number of rotatable bonds is 6. The number of amides is 1. The molecular formula is C18H29N7O. The van der Waals surface area contributed by atoms with Crippen LogP contribution in [0.4, 0.5) is 0 Å². The monoisotopic (exact) mass is 359 g/mol. The fraction of sp³-hybridized carbons (Fsp3) is 0.667. The molecule has 1 N–H and O–H groups in total. The number of aryl methyl sites for hydroxylation is 3. The molecule has 0 aliphatic carbocycles. The maximum absolute atomic E-state index is 12.4. The molecule has 1 amide bonds. The van der Waals surface area contributed by atoms with Crippen LogP contribution in [-0.2, 0) is 24.9 Å². The highest BCUT2D eigenvalue weighted by Gasteiger charge is 2.40. The van der Waals surface area contributed by atoms with Crippen LogP contribution in [0.25, 0.3) is 0 Å². The average Bonchev–Trinajstić information content (AvgIpc) is 3.16. The molecule has 0 saturated carbocycles. The van der Waals surface area contributed by atoms with E-state index < -0.39 is 0 Å². The first-order valence-corrected chi connectivity index (χ1v) is 9.22. The lowest BCUT2D eigenvalue weighted by Crippen LogP contribution is -2.36. The first kappa shape index (κ1) is 18.6. The minimum atomic E-state index is -0.0140. The van der Waals surface area contributed by atoms with Crippen LogP contribution in [-0.4, -0.2) is 48.4 Å². The Morgan fingerprint density at radius 3 is 2.54 bits per heavy atom. The highest BCUT2D eigenvalue weighted by atomic mass is 16.2. The zero-order valence-electron chi connectivity index (χ0n) is 16.6. The summed E-state index contributed by atoms with van der Waals surface area (Å²) in [5.74, 6) is 2.00. The molecule has 2 atom stereocenters. The van der Waals surface area contributed by atoms with E-state index in [1.807, 2.05) is 37.5 Å². The second-order valence-electron chi connectivity index (χ2n) is 7.16. The van der Waals surface area contributed by atoms with E-state index in [0.29, 0.717) is 13.0 Å². The number of likely N-dealkylation sites (tertiary alicyclic amines) is 1. The summed E-state index contributed by atoms with van der Waals surface area (Å²) in [6, 6.07) is 0.0148. The van der Waals surface area contributed by atoms with Crippen molar-refractivity contribution in [3.63, 3.8) is 0 Å². The van der Waals surface area contributed by atoms with Crippen LogP contribution in [0.1, 0.15) is 54.4 Å². The molecule has 0 spiro atoms. The lowest BCUT2D eigenvalue weighted by atomic mass is 9.98. The van der Waals surface area contributed by atoms with Gasteiger partial charge in [-0.2, -0.15) is 5.10 Å². The summed E-state index contributed by atoms with van der Waals surface area (Å²) in [6.07, 6.45) is 1.52. The predicted octanol–water partition coefficient (Wildman–Crippen LogP) is 1.41. The Labute approximate surface area is 154 Å². The largest absolute Gasteiger partial charge is 0.337 e. The number of likely N-dealkylation sites (N-methyl/N-ethyl adjacent to an activating group) is 1. The molecule has 1 saturated heterocycles. The molecule has 0 bridgehead atoms. The number of carbonyl (C=O) groups is 1. The van der Waals surface area contributed by atoms with Gasteiger partial charge in [-0.15, -0.1) is 10.2 Å². The number of hydrogen-bond donors (Lipinski definition) is 1. The molecule has 2 aromatic heterocycles. The summed E-state index contributed by atoms with van der Waals surface area (Å²) >= 11 is 0. The summed E-state index contributed by atoms with van der Waals surface area (Å²) in [7, 11) is 3.82. The van der Waals surface area contributed by atoms with Gasteiger partial charge >= 0.3 is 0 Å². The number of aromatic nitrogens is 5. The average molecular weight is 359 g/mol. The molecule has 8 heteroatoms. The second kappa shape index (κ2) is 7.19. The van der Waals surface area contributed by atoms with Gasteiger partial charge in [0.1, 0.15) is 11.6 Å². The quantitative estimate of drug-likeness (QED) is 0.843. The van der Waals surface area contributed by atoms with Crippen molar-refractivity contribution in [2.45, 2.75) is 65.7 Å². The second-order valence-corrected chi connectivity index (χ2v) is 7.16. The van der Waals surface area contributed by atoms with E-state index in [4.69, 9.17) is 0 Å². The zero-order valence-corrected chi connectivity index (χ0v) is 16.6. The lowest BCUT2D eigenvalue weighted by Gasteiger charge is -2.26. The van der Waals surface area contributed by atoms with Gasteiger partial charge in [-0.25, -0.2) is 0 Å². The molecule has 3 rings (SSSR count). The van der Waals surface area contributed by atoms with Crippen LogP contribution >= 0.6 is 0 Å². The SMILES string of the molecule is CCCn1c(C)nnc1CN[C@@H]1CC(=O)N(C)[C@H]1c1c(C)nn(C)c1C. The van der Waals surface area contributed by atoms with Gasteiger partial charge in [-0.1, -0.05) is 6.92 Å². The Morgan fingerprint density at radius 1 is 1.19 bits per heavy atom. The highest BCUT2D eigenvalue weighted by Crippen LogP contribution is 2.35. The normalized spacial score (nSPS) is 20.4. The highest BCUT2D eigenvalue weighted by molar-refractivity contribution is 5.80. The Hall–Kier alpha value is -2.22. The third-order valence-electron chi connectivity index (χ3n) is 5.43. The third kappa shape index (κ3) is 3.13. The van der Waals surface area contributed by atoms with Crippen LogP contribution < -0.4 is 5.32 Å². The number of nitrogens with one attached hydrogen (secondary N) is 1. The molecule has 0 aromatic carbocycles. The van der Waals surface area contributed by atoms with E-state index in [9.17, 15) is 4.79 Å². The Kier molecular flexibility index (Phi) is 5.13. The number of nitrogens with zero attached hydrogens (tertiary/aromatic N) is 6. The van der Waals surface area contributed by atoms with Crippen molar-refractivity contribution in [1.82, 2.24) is 34.8 Å². The van der Waals surface area contributed by atoms with Gasteiger partial charge in [-0.3, -0.25) is 9.48 Å². The van der Waals surface area contributed by atoms with Gasteiger partial charge in [0.25, 0.3) is 0 Å². The van der Waals surface area contributed by atoms with Gasteiger partial charge in [0, 0.05) is 44.4 Å². The van der Waals surface area contributed by atoms with Crippen molar-refractivity contribution < 1.29 is 4.79 Å². The standard InChI is InChI=1S/C18H29N7O/c1-7-8-25-13(4)20-21-15(25)10-19-14-9-16(26)23(5)18(14)17-11(2)22-24(6)12(17)3/h14,18-19H,7-10H2,1-6H3/t14-,18-/m1/s1. The van der Waals surface area contributed by atoms with Crippen molar-refractivity contribution in [2.75, 3.05) is 7.05 Å². The van der Waals surface area contributed by atoms with Crippen LogP contribution in [0.3, 0.4) is 0 Å².